The monoisotopic (exact) mass is 404 g/mol. The summed E-state index contributed by atoms with van der Waals surface area (Å²) in [6, 6.07) is 3.14. The van der Waals surface area contributed by atoms with Gasteiger partial charge >= 0.3 is 0 Å². The Kier molecular flexibility index (Phi) is 6.54. The van der Waals surface area contributed by atoms with Crippen molar-refractivity contribution in [2.24, 2.45) is 0 Å². The zero-order valence-electron chi connectivity index (χ0n) is 11.1. The van der Waals surface area contributed by atoms with Crippen molar-refractivity contribution in [2.45, 2.75) is 24.7 Å². The Morgan fingerprint density at radius 2 is 2.14 bits per heavy atom. The zero-order valence-corrected chi connectivity index (χ0v) is 14.4. The Hall–Kier alpha value is -0.280. The van der Waals surface area contributed by atoms with E-state index in [1.807, 2.05) is 0 Å². The number of halogens is 4. The van der Waals surface area contributed by atoms with Crippen molar-refractivity contribution >= 4 is 38.6 Å². The van der Waals surface area contributed by atoms with Crippen molar-refractivity contribution in [3.63, 3.8) is 0 Å². The first-order valence-electron chi connectivity index (χ1n) is 6.05. The Bertz CT molecular complexity index is 603. The molecular formula is C12H16BrClF2N2O2S. The molecule has 1 heterocycles. The van der Waals surface area contributed by atoms with Gasteiger partial charge < -0.3 is 5.32 Å². The number of rotatable bonds is 4. The number of alkyl halides is 1. The van der Waals surface area contributed by atoms with E-state index in [0.29, 0.717) is 5.56 Å². The zero-order chi connectivity index (χ0) is 14.9. The minimum atomic E-state index is -3.53. The number of hydrogen-bond donors (Lipinski definition) is 2. The Morgan fingerprint density at radius 3 is 2.76 bits per heavy atom. The minimum Gasteiger partial charge on any atom is -0.309 e. The Balaban J connectivity index is 0.00000220. The molecule has 1 aliphatic heterocycles. The Labute approximate surface area is 138 Å². The summed E-state index contributed by atoms with van der Waals surface area (Å²) in [5.74, 6) is -0.559. The van der Waals surface area contributed by atoms with Gasteiger partial charge in [-0.2, -0.15) is 0 Å². The van der Waals surface area contributed by atoms with Crippen LogP contribution < -0.4 is 10.0 Å². The lowest BCUT2D eigenvalue weighted by atomic mass is 10.0. The topological polar surface area (TPSA) is 58.2 Å². The average Bonchev–Trinajstić information content (AvgIpc) is 2.66. The van der Waals surface area contributed by atoms with E-state index in [4.69, 9.17) is 11.6 Å². The van der Waals surface area contributed by atoms with Crippen molar-refractivity contribution in [1.29, 1.82) is 0 Å². The van der Waals surface area contributed by atoms with Gasteiger partial charge in [0.15, 0.2) is 0 Å². The van der Waals surface area contributed by atoms with Crippen LogP contribution in [-0.4, -0.2) is 39.5 Å². The van der Waals surface area contributed by atoms with E-state index in [1.54, 1.807) is 12.1 Å². The molecule has 0 amide bonds. The minimum absolute atomic E-state index is 0. The molecule has 0 bridgehead atoms. The summed E-state index contributed by atoms with van der Waals surface area (Å²) < 4.78 is 52.3. The summed E-state index contributed by atoms with van der Waals surface area (Å²) in [5, 5.41) is 2.85. The highest BCUT2D eigenvalue weighted by molar-refractivity contribution is 8.93. The maximum absolute atomic E-state index is 13.8. The first-order chi connectivity index (χ1) is 9.28. The van der Waals surface area contributed by atoms with Crippen LogP contribution in [-0.2, 0) is 16.4 Å². The van der Waals surface area contributed by atoms with E-state index in [9.17, 15) is 17.2 Å². The molecule has 3 atom stereocenters. The molecule has 0 unspecified atom stereocenters. The fourth-order valence-corrected chi connectivity index (χ4v) is 3.32. The standard InChI is InChI=1S/C12H15ClF2N2O2S.BrH/c1-20(18,19)17-12-9(14)6-16-10(12)5-7-3-2-4-8(13)11(7)15;/h2-4,9-10,12,16-17H,5-6H2,1H3;1H/t9-,10-,12-;/m0./s1. The van der Waals surface area contributed by atoms with Crippen molar-refractivity contribution in [3.8, 4) is 0 Å². The summed E-state index contributed by atoms with van der Waals surface area (Å²) in [6.07, 6.45) is -0.230. The van der Waals surface area contributed by atoms with Gasteiger partial charge in [-0.05, 0) is 18.1 Å². The van der Waals surface area contributed by atoms with Gasteiger partial charge in [0.05, 0.1) is 17.3 Å². The maximum Gasteiger partial charge on any atom is 0.209 e. The summed E-state index contributed by atoms with van der Waals surface area (Å²) in [6.45, 7) is 0.0278. The normalized spacial score (nSPS) is 25.6. The second-order valence-electron chi connectivity index (χ2n) is 4.86. The summed E-state index contributed by atoms with van der Waals surface area (Å²) in [5.41, 5.74) is 0.324. The summed E-state index contributed by atoms with van der Waals surface area (Å²) >= 11 is 5.69. The second-order valence-corrected chi connectivity index (χ2v) is 7.05. The molecule has 0 radical (unpaired) electrons. The largest absolute Gasteiger partial charge is 0.309 e. The first-order valence-corrected chi connectivity index (χ1v) is 8.32. The molecule has 9 heteroatoms. The molecule has 4 nitrogen and oxygen atoms in total. The molecular weight excluding hydrogens is 390 g/mol. The van der Waals surface area contributed by atoms with Crippen LogP contribution >= 0.6 is 28.6 Å². The van der Waals surface area contributed by atoms with Crippen molar-refractivity contribution in [3.05, 3.63) is 34.6 Å². The molecule has 1 aromatic carbocycles. The first kappa shape index (κ1) is 18.8. The van der Waals surface area contributed by atoms with Crippen LogP contribution in [0.1, 0.15) is 5.56 Å². The lowest BCUT2D eigenvalue weighted by molar-refractivity contribution is 0.304. The molecule has 1 fully saturated rings. The predicted octanol–water partition coefficient (Wildman–Crippen LogP) is 1.83. The van der Waals surface area contributed by atoms with Gasteiger partial charge in [0, 0.05) is 12.6 Å². The van der Waals surface area contributed by atoms with Crippen molar-refractivity contribution < 1.29 is 17.2 Å². The SMILES string of the molecule is Br.CS(=O)(=O)N[C@@H]1[C@H](Cc2cccc(Cl)c2F)NC[C@@H]1F. The van der Waals surface area contributed by atoms with E-state index in [-0.39, 0.29) is 35.0 Å². The Morgan fingerprint density at radius 1 is 1.48 bits per heavy atom. The molecule has 1 aliphatic rings. The summed E-state index contributed by atoms with van der Waals surface area (Å²) in [4.78, 5) is 0. The van der Waals surface area contributed by atoms with E-state index in [0.717, 1.165) is 6.26 Å². The van der Waals surface area contributed by atoms with E-state index < -0.39 is 34.1 Å². The van der Waals surface area contributed by atoms with Crippen LogP contribution in [0.4, 0.5) is 8.78 Å². The number of nitrogens with one attached hydrogen (secondary N) is 2. The molecule has 2 N–H and O–H groups in total. The quantitative estimate of drug-likeness (QED) is 0.803. The third-order valence-corrected chi connectivity index (χ3v) is 4.21. The maximum atomic E-state index is 13.8. The van der Waals surface area contributed by atoms with Gasteiger partial charge in [-0.25, -0.2) is 21.9 Å². The molecule has 21 heavy (non-hydrogen) atoms. The number of sulfonamides is 1. The molecule has 0 saturated carbocycles. The lowest BCUT2D eigenvalue weighted by Gasteiger charge is -2.21. The van der Waals surface area contributed by atoms with Crippen LogP contribution in [0.15, 0.2) is 18.2 Å². The number of hydrogen-bond acceptors (Lipinski definition) is 3. The van der Waals surface area contributed by atoms with Gasteiger partial charge in [0.2, 0.25) is 10.0 Å². The molecule has 2 rings (SSSR count). The third-order valence-electron chi connectivity index (χ3n) is 3.22. The molecule has 1 aromatic rings. The fraction of sp³-hybridized carbons (Fsp3) is 0.500. The van der Waals surface area contributed by atoms with E-state index in [1.165, 1.54) is 6.07 Å². The molecule has 0 aromatic heterocycles. The van der Waals surface area contributed by atoms with Gasteiger partial charge in [0.25, 0.3) is 0 Å². The molecule has 120 valence electrons. The molecule has 0 spiro atoms. The van der Waals surface area contributed by atoms with Crippen LogP contribution in [0, 0.1) is 5.82 Å². The van der Waals surface area contributed by atoms with E-state index >= 15 is 0 Å². The highest BCUT2D eigenvalue weighted by Crippen LogP contribution is 2.22. The second kappa shape index (κ2) is 7.32. The molecule has 0 aliphatic carbocycles. The highest BCUT2D eigenvalue weighted by Gasteiger charge is 2.38. The van der Waals surface area contributed by atoms with Crippen LogP contribution in [0.25, 0.3) is 0 Å². The van der Waals surface area contributed by atoms with Gasteiger partial charge in [-0.3, -0.25) is 0 Å². The van der Waals surface area contributed by atoms with Crippen molar-refractivity contribution in [2.75, 3.05) is 12.8 Å². The average molecular weight is 406 g/mol. The lowest BCUT2D eigenvalue weighted by Crippen LogP contribution is -2.47. The highest BCUT2D eigenvalue weighted by atomic mass is 79.9. The molecule has 1 saturated heterocycles. The van der Waals surface area contributed by atoms with E-state index in [2.05, 4.69) is 10.0 Å². The van der Waals surface area contributed by atoms with Gasteiger partial charge in [-0.1, -0.05) is 23.7 Å². The number of benzene rings is 1. The summed E-state index contributed by atoms with van der Waals surface area (Å²) in [7, 11) is -3.53. The van der Waals surface area contributed by atoms with Gasteiger partial charge in [0.1, 0.15) is 12.0 Å². The van der Waals surface area contributed by atoms with Crippen LogP contribution in [0.5, 0.6) is 0 Å². The predicted molar refractivity (Wildman–Crippen MR) is 83.9 cm³/mol. The van der Waals surface area contributed by atoms with Gasteiger partial charge in [-0.15, -0.1) is 17.0 Å². The van der Waals surface area contributed by atoms with Crippen molar-refractivity contribution in [1.82, 2.24) is 10.0 Å². The third kappa shape index (κ3) is 4.85. The smallest absolute Gasteiger partial charge is 0.209 e. The van der Waals surface area contributed by atoms with Crippen LogP contribution in [0.2, 0.25) is 5.02 Å². The fourth-order valence-electron chi connectivity index (χ4n) is 2.32. The van der Waals surface area contributed by atoms with Crippen LogP contribution in [0.3, 0.4) is 0 Å².